The van der Waals surface area contributed by atoms with Crippen LogP contribution in [0.1, 0.15) is 6.92 Å². The fourth-order valence-corrected chi connectivity index (χ4v) is 2.66. The summed E-state index contributed by atoms with van der Waals surface area (Å²) >= 11 is 0. The zero-order chi connectivity index (χ0) is 17.3. The van der Waals surface area contributed by atoms with Crippen molar-refractivity contribution in [1.29, 1.82) is 0 Å². The largest absolute Gasteiger partial charge is 0.329 e. The Morgan fingerprint density at radius 2 is 1.75 bits per heavy atom. The first kappa shape index (κ1) is 15.9. The molecule has 0 fully saturated rings. The van der Waals surface area contributed by atoms with Crippen LogP contribution in [0.15, 0.2) is 47.3 Å². The maximum Gasteiger partial charge on any atom is 0.329 e. The van der Waals surface area contributed by atoms with Crippen LogP contribution in [0.2, 0.25) is 0 Å². The van der Waals surface area contributed by atoms with Crippen LogP contribution in [0.4, 0.5) is 14.5 Å². The lowest BCUT2D eigenvalue weighted by Crippen LogP contribution is -2.29. The Balaban J connectivity index is 1.91. The summed E-state index contributed by atoms with van der Waals surface area (Å²) in [5.41, 5.74) is 0.909. The van der Waals surface area contributed by atoms with Gasteiger partial charge >= 0.3 is 5.69 Å². The quantitative estimate of drug-likeness (QED) is 0.799. The number of rotatable bonds is 4. The Labute approximate surface area is 136 Å². The van der Waals surface area contributed by atoms with E-state index < -0.39 is 17.5 Å². The number of aromatic nitrogens is 2. The minimum absolute atomic E-state index is 0.131. The zero-order valence-electron chi connectivity index (χ0n) is 12.9. The predicted octanol–water partition coefficient (Wildman–Crippen LogP) is 2.74. The first-order valence-corrected chi connectivity index (χ1v) is 7.44. The van der Waals surface area contributed by atoms with Crippen LogP contribution in [0, 0.1) is 11.6 Å². The predicted molar refractivity (Wildman–Crippen MR) is 86.9 cm³/mol. The van der Waals surface area contributed by atoms with Crippen molar-refractivity contribution >= 4 is 22.6 Å². The lowest BCUT2D eigenvalue weighted by molar-refractivity contribution is -0.116. The third kappa shape index (κ3) is 2.80. The molecule has 1 N–H and O–H groups in total. The summed E-state index contributed by atoms with van der Waals surface area (Å²) in [4.78, 5) is 24.6. The fourth-order valence-electron chi connectivity index (χ4n) is 2.66. The van der Waals surface area contributed by atoms with Crippen molar-refractivity contribution in [3.8, 4) is 0 Å². The van der Waals surface area contributed by atoms with Crippen molar-refractivity contribution in [3.63, 3.8) is 0 Å². The van der Waals surface area contributed by atoms with Crippen molar-refractivity contribution in [1.82, 2.24) is 9.13 Å². The molecule has 0 bridgehead atoms. The molecular formula is C17H15F2N3O2. The number of para-hydroxylation sites is 2. The van der Waals surface area contributed by atoms with E-state index in [1.807, 2.05) is 13.0 Å². The highest BCUT2D eigenvalue weighted by Gasteiger charge is 2.15. The molecular weight excluding hydrogens is 316 g/mol. The average Bonchev–Trinajstić information content (AvgIpc) is 2.82. The normalized spacial score (nSPS) is 11.0. The molecule has 24 heavy (non-hydrogen) atoms. The second-order valence-electron chi connectivity index (χ2n) is 5.27. The van der Waals surface area contributed by atoms with Crippen molar-refractivity contribution < 1.29 is 13.6 Å². The first-order valence-electron chi connectivity index (χ1n) is 7.44. The Bertz CT molecular complexity index is 976. The van der Waals surface area contributed by atoms with Crippen LogP contribution >= 0.6 is 0 Å². The van der Waals surface area contributed by atoms with E-state index in [1.165, 1.54) is 4.57 Å². The van der Waals surface area contributed by atoms with E-state index in [9.17, 15) is 18.4 Å². The summed E-state index contributed by atoms with van der Waals surface area (Å²) < 4.78 is 29.4. The van der Waals surface area contributed by atoms with Crippen molar-refractivity contribution in [2.75, 3.05) is 5.32 Å². The molecule has 1 heterocycles. The van der Waals surface area contributed by atoms with E-state index >= 15 is 0 Å². The van der Waals surface area contributed by atoms with Gasteiger partial charge in [0, 0.05) is 12.6 Å². The summed E-state index contributed by atoms with van der Waals surface area (Å²) in [5, 5.41) is 2.36. The number of aryl methyl sites for hydroxylation is 1. The number of nitrogens with zero attached hydrogens (tertiary/aromatic N) is 2. The Hall–Kier alpha value is -2.96. The zero-order valence-corrected chi connectivity index (χ0v) is 12.9. The molecule has 0 aliphatic heterocycles. The molecule has 0 atom stereocenters. The van der Waals surface area contributed by atoms with Gasteiger partial charge in [-0.05, 0) is 31.2 Å². The number of benzene rings is 2. The van der Waals surface area contributed by atoms with Gasteiger partial charge in [-0.3, -0.25) is 13.9 Å². The molecule has 1 amide bonds. The van der Waals surface area contributed by atoms with Crippen LogP contribution in [-0.4, -0.2) is 15.0 Å². The molecule has 0 spiro atoms. The third-order valence-electron chi connectivity index (χ3n) is 3.75. The van der Waals surface area contributed by atoms with Crippen LogP contribution in [-0.2, 0) is 17.9 Å². The molecule has 0 unspecified atom stereocenters. The van der Waals surface area contributed by atoms with Gasteiger partial charge in [0.2, 0.25) is 5.91 Å². The van der Waals surface area contributed by atoms with E-state index in [0.717, 1.165) is 17.6 Å². The number of amides is 1. The van der Waals surface area contributed by atoms with Gasteiger partial charge in [-0.15, -0.1) is 0 Å². The molecule has 5 nitrogen and oxygen atoms in total. The van der Waals surface area contributed by atoms with Crippen molar-refractivity contribution in [2.45, 2.75) is 20.0 Å². The minimum Gasteiger partial charge on any atom is -0.322 e. The van der Waals surface area contributed by atoms with Gasteiger partial charge in [0.1, 0.15) is 18.2 Å². The fraction of sp³-hybridized carbons (Fsp3) is 0.176. The maximum atomic E-state index is 13.6. The third-order valence-corrected chi connectivity index (χ3v) is 3.75. The molecule has 124 valence electrons. The topological polar surface area (TPSA) is 56.0 Å². The summed E-state index contributed by atoms with van der Waals surface area (Å²) in [6.07, 6.45) is 0. The van der Waals surface area contributed by atoms with Gasteiger partial charge in [-0.1, -0.05) is 12.1 Å². The van der Waals surface area contributed by atoms with Crippen LogP contribution in [0.3, 0.4) is 0 Å². The van der Waals surface area contributed by atoms with Crippen LogP contribution in [0.5, 0.6) is 0 Å². The summed E-state index contributed by atoms with van der Waals surface area (Å²) in [6, 6.07) is 10.0. The highest BCUT2D eigenvalue weighted by Crippen LogP contribution is 2.16. The van der Waals surface area contributed by atoms with Gasteiger partial charge in [0.05, 0.1) is 16.7 Å². The summed E-state index contributed by atoms with van der Waals surface area (Å²) in [5.74, 6) is -2.17. The summed E-state index contributed by atoms with van der Waals surface area (Å²) in [7, 11) is 0. The number of carbonyl (C=O) groups is 1. The van der Waals surface area contributed by atoms with E-state index in [-0.39, 0.29) is 17.9 Å². The number of imidazole rings is 1. The molecule has 7 heteroatoms. The molecule has 0 saturated carbocycles. The highest BCUT2D eigenvalue weighted by molar-refractivity contribution is 5.91. The average molecular weight is 331 g/mol. The number of fused-ring (bicyclic) bond motifs is 1. The summed E-state index contributed by atoms with van der Waals surface area (Å²) in [6.45, 7) is 2.05. The number of nitrogens with one attached hydrogen (secondary N) is 1. The molecule has 0 aliphatic carbocycles. The number of hydrogen-bond acceptors (Lipinski definition) is 2. The second-order valence-corrected chi connectivity index (χ2v) is 5.27. The molecule has 1 aromatic heterocycles. The number of halogens is 2. The monoisotopic (exact) mass is 331 g/mol. The van der Waals surface area contributed by atoms with Gasteiger partial charge in [-0.25, -0.2) is 13.6 Å². The smallest absolute Gasteiger partial charge is 0.322 e. The van der Waals surface area contributed by atoms with Gasteiger partial charge in [0.15, 0.2) is 0 Å². The van der Waals surface area contributed by atoms with E-state index in [1.54, 1.807) is 22.8 Å². The van der Waals surface area contributed by atoms with E-state index in [2.05, 4.69) is 5.32 Å². The van der Waals surface area contributed by atoms with Gasteiger partial charge in [0.25, 0.3) is 0 Å². The number of carbonyl (C=O) groups excluding carboxylic acids is 1. The minimum atomic E-state index is -0.869. The lowest BCUT2D eigenvalue weighted by Gasteiger charge is -2.07. The van der Waals surface area contributed by atoms with Crippen molar-refractivity contribution in [3.05, 3.63) is 64.6 Å². The first-order chi connectivity index (χ1) is 11.5. The van der Waals surface area contributed by atoms with Gasteiger partial charge < -0.3 is 5.32 Å². The molecule has 0 aliphatic rings. The Kier molecular flexibility index (Phi) is 4.16. The lowest BCUT2D eigenvalue weighted by atomic mass is 10.3. The van der Waals surface area contributed by atoms with Crippen LogP contribution in [0.25, 0.3) is 11.0 Å². The van der Waals surface area contributed by atoms with Crippen molar-refractivity contribution in [2.24, 2.45) is 0 Å². The van der Waals surface area contributed by atoms with E-state index in [0.29, 0.717) is 18.1 Å². The molecule has 3 rings (SSSR count). The Morgan fingerprint density at radius 3 is 2.38 bits per heavy atom. The number of hydrogen-bond donors (Lipinski definition) is 1. The molecule has 2 aromatic carbocycles. The van der Waals surface area contributed by atoms with Crippen LogP contribution < -0.4 is 11.0 Å². The Morgan fingerprint density at radius 1 is 1.08 bits per heavy atom. The molecule has 3 aromatic rings. The SMILES string of the molecule is CCn1c(=O)n(CC(=O)Nc2ccc(F)cc2F)c2ccccc21. The van der Waals surface area contributed by atoms with Gasteiger partial charge in [-0.2, -0.15) is 0 Å². The maximum absolute atomic E-state index is 13.6. The second kappa shape index (κ2) is 6.27. The van der Waals surface area contributed by atoms with E-state index in [4.69, 9.17) is 0 Å². The highest BCUT2D eigenvalue weighted by atomic mass is 19.1. The standard InChI is InChI=1S/C17H15F2N3O2/c1-2-21-14-5-3-4-6-15(14)22(17(21)24)10-16(23)20-13-8-7-11(18)9-12(13)19/h3-9H,2,10H2,1H3,(H,20,23). The molecule has 0 saturated heterocycles. The molecule has 0 radical (unpaired) electrons. The number of anilines is 1.